The smallest absolute Gasteiger partial charge is 0.415 e. The van der Waals surface area contributed by atoms with Gasteiger partial charge in [0.15, 0.2) is 0 Å². The van der Waals surface area contributed by atoms with E-state index in [1.165, 1.54) is 6.07 Å². The van der Waals surface area contributed by atoms with Gasteiger partial charge in [-0.1, -0.05) is 72.8 Å². The number of hydrogen-bond acceptors (Lipinski definition) is 8. The fraction of sp³-hybridized carbons (Fsp3) is 0.323. The number of pyridine rings is 1. The van der Waals surface area contributed by atoms with Crippen molar-refractivity contribution in [2.75, 3.05) is 11.4 Å². The molecule has 0 aliphatic carbocycles. The quantitative estimate of drug-likeness (QED) is 0.134. The highest BCUT2D eigenvalue weighted by Crippen LogP contribution is 2.47. The normalized spacial score (nSPS) is 21.2. The molecule has 0 radical (unpaired) electrons. The second-order valence-corrected chi connectivity index (χ2v) is 10.6. The number of rotatable bonds is 5. The number of aromatic nitrogens is 3. The summed E-state index contributed by atoms with van der Waals surface area (Å²) in [5.41, 5.74) is -1.92. The molecule has 9 nitrogen and oxygen atoms in total. The molecule has 0 N–H and O–H groups in total. The molecule has 222 valence electrons. The maximum Gasteiger partial charge on any atom is 0.426 e. The van der Waals surface area contributed by atoms with E-state index in [0.29, 0.717) is 29.9 Å². The van der Waals surface area contributed by atoms with Crippen LogP contribution in [0.3, 0.4) is 0 Å². The number of ether oxygens (including phenoxy) is 1. The van der Waals surface area contributed by atoms with Crippen molar-refractivity contribution in [3.8, 4) is 22.7 Å². The monoisotopic (exact) mass is 591 g/mol. The lowest BCUT2D eigenvalue weighted by Gasteiger charge is -2.32. The fourth-order valence-corrected chi connectivity index (χ4v) is 5.70. The molecule has 2 aliphatic heterocycles. The third-order valence-corrected chi connectivity index (χ3v) is 7.91. The predicted octanol–water partition coefficient (Wildman–Crippen LogP) is 7.39. The third-order valence-electron chi connectivity index (χ3n) is 7.91. The molecular weight excluding hydrogens is 563 g/mol. The van der Waals surface area contributed by atoms with E-state index in [-0.39, 0.29) is 24.8 Å². The molecule has 0 saturated carbocycles. The number of halogens is 3. The number of nitrogens with zero attached hydrogens (tertiary/aromatic N) is 5. The molecule has 0 amide bonds. The van der Waals surface area contributed by atoms with Gasteiger partial charge < -0.3 is 14.1 Å². The maximum absolute atomic E-state index is 15.0. The average Bonchev–Trinajstić information content (AvgIpc) is 3.68. The second-order valence-electron chi connectivity index (χ2n) is 10.6. The van der Waals surface area contributed by atoms with Crippen LogP contribution in [0.1, 0.15) is 43.6 Å². The Hall–Kier alpha value is -4.58. The van der Waals surface area contributed by atoms with Crippen molar-refractivity contribution in [1.82, 2.24) is 15.2 Å². The molecule has 12 heteroatoms. The predicted molar refractivity (Wildman–Crippen MR) is 152 cm³/mol. The first kappa shape index (κ1) is 28.5. The minimum Gasteiger partial charge on any atom is -0.415 e. The Morgan fingerprint density at radius 3 is 2.53 bits per heavy atom. The van der Waals surface area contributed by atoms with Gasteiger partial charge in [0, 0.05) is 24.2 Å². The highest BCUT2D eigenvalue weighted by Gasteiger charge is 2.61. The molecule has 4 heterocycles. The van der Waals surface area contributed by atoms with Crippen LogP contribution in [0.2, 0.25) is 0 Å². The van der Waals surface area contributed by atoms with Crippen LogP contribution in [0.25, 0.3) is 22.7 Å². The molecule has 2 aliphatic rings. The summed E-state index contributed by atoms with van der Waals surface area (Å²) in [7, 11) is 0. The molecule has 2 aromatic heterocycles. The van der Waals surface area contributed by atoms with E-state index in [1.807, 2.05) is 36.4 Å². The number of fused-ring (bicyclic) bond motifs is 7. The number of nitro groups is 1. The van der Waals surface area contributed by atoms with Crippen LogP contribution in [0.4, 0.5) is 24.7 Å². The van der Waals surface area contributed by atoms with E-state index in [0.717, 1.165) is 18.4 Å². The highest BCUT2D eigenvalue weighted by molar-refractivity contribution is 5.82. The molecule has 1 saturated heterocycles. The van der Waals surface area contributed by atoms with Crippen molar-refractivity contribution in [2.24, 2.45) is 0 Å². The Morgan fingerprint density at radius 1 is 1.07 bits per heavy atom. The Bertz CT molecular complexity index is 1630. The molecule has 43 heavy (non-hydrogen) atoms. The number of alkyl halides is 3. The molecule has 0 spiro atoms. The van der Waals surface area contributed by atoms with Gasteiger partial charge in [0.25, 0.3) is 11.8 Å². The summed E-state index contributed by atoms with van der Waals surface area (Å²) < 4.78 is 56.2. The topological polar surface area (TPSA) is 107 Å². The van der Waals surface area contributed by atoms with Crippen molar-refractivity contribution in [3.63, 3.8) is 0 Å². The van der Waals surface area contributed by atoms with E-state index in [9.17, 15) is 23.3 Å². The summed E-state index contributed by atoms with van der Waals surface area (Å²) in [5.74, 6) is -0.843. The number of allylic oxidation sites excluding steroid dienone is 1. The number of anilines is 1. The molecule has 2 atom stereocenters. The zero-order chi connectivity index (χ0) is 30.0. The van der Waals surface area contributed by atoms with Gasteiger partial charge in [-0.3, -0.25) is 10.1 Å². The second kappa shape index (κ2) is 11.6. The third kappa shape index (κ3) is 5.50. The van der Waals surface area contributed by atoms with Crippen molar-refractivity contribution < 1.29 is 27.2 Å². The lowest BCUT2D eigenvalue weighted by atomic mass is 9.95. The summed E-state index contributed by atoms with van der Waals surface area (Å²) in [6.07, 6.45) is 0.436. The van der Waals surface area contributed by atoms with E-state index >= 15 is 0 Å². The minimum atomic E-state index is -4.94. The van der Waals surface area contributed by atoms with E-state index in [2.05, 4.69) is 15.1 Å². The molecule has 2 aromatic carbocycles. The van der Waals surface area contributed by atoms with Gasteiger partial charge in [-0.05, 0) is 43.2 Å². The summed E-state index contributed by atoms with van der Waals surface area (Å²) in [6, 6.07) is 19.0. The van der Waals surface area contributed by atoms with Crippen LogP contribution in [-0.2, 0) is 16.9 Å². The summed E-state index contributed by atoms with van der Waals surface area (Å²) in [4.78, 5) is 18.5. The zero-order valence-corrected chi connectivity index (χ0v) is 23.0. The van der Waals surface area contributed by atoms with Gasteiger partial charge in [-0.15, -0.1) is 10.2 Å². The molecule has 1 unspecified atom stereocenters. The molecular formula is C31H28F3N5O4. The first-order chi connectivity index (χ1) is 20.8. The standard InChI is InChI=1S/C31H28F3N5O4/c32-31(33,34)30(42-20-21-11-4-1-5-12-21)17-9-3-8-15-23-16-10-18-38(23)27-24(22-13-6-2-7-14-22)19-25(39(40)41)26(35-27)28-36-37-29(30)43-28/h1-8,11-14,19,23H,9-10,15-18,20H2/b8-3-/t23-,30?/m1/s1. The van der Waals surface area contributed by atoms with Gasteiger partial charge in [0.1, 0.15) is 5.82 Å². The first-order valence-electron chi connectivity index (χ1n) is 14.0. The van der Waals surface area contributed by atoms with Crippen molar-refractivity contribution in [3.05, 3.63) is 100 Å². The largest absolute Gasteiger partial charge is 0.426 e. The maximum atomic E-state index is 15.0. The van der Waals surface area contributed by atoms with E-state index in [4.69, 9.17) is 14.1 Å². The summed E-state index contributed by atoms with van der Waals surface area (Å²) in [6.45, 7) is 0.301. The van der Waals surface area contributed by atoms with Crippen LogP contribution in [-0.4, -0.2) is 38.9 Å². The van der Waals surface area contributed by atoms with E-state index in [1.54, 1.807) is 36.4 Å². The van der Waals surface area contributed by atoms with Crippen molar-refractivity contribution in [1.29, 1.82) is 0 Å². The number of hydrogen-bond donors (Lipinski definition) is 0. The van der Waals surface area contributed by atoms with Crippen LogP contribution in [0.5, 0.6) is 0 Å². The van der Waals surface area contributed by atoms with Crippen LogP contribution in [0.15, 0.2) is 83.3 Å². The molecule has 4 aromatic rings. The minimum absolute atomic E-state index is 0.00316. The average molecular weight is 592 g/mol. The highest BCUT2D eigenvalue weighted by atomic mass is 19.4. The Morgan fingerprint density at radius 2 is 1.81 bits per heavy atom. The Kier molecular flexibility index (Phi) is 7.70. The number of benzene rings is 2. The summed E-state index contributed by atoms with van der Waals surface area (Å²) in [5, 5.41) is 20.0. The lowest BCUT2D eigenvalue weighted by Crippen LogP contribution is -2.45. The van der Waals surface area contributed by atoms with Gasteiger partial charge in [0.05, 0.1) is 11.5 Å². The molecule has 4 bridgehead atoms. The zero-order valence-electron chi connectivity index (χ0n) is 23.0. The van der Waals surface area contributed by atoms with E-state index < -0.39 is 40.6 Å². The Labute approximate surface area is 245 Å². The van der Waals surface area contributed by atoms with Crippen LogP contribution < -0.4 is 4.90 Å². The lowest BCUT2D eigenvalue weighted by molar-refractivity contribution is -0.384. The van der Waals surface area contributed by atoms with Gasteiger partial charge in [0.2, 0.25) is 11.3 Å². The fourth-order valence-electron chi connectivity index (χ4n) is 5.70. The first-order valence-corrected chi connectivity index (χ1v) is 14.0. The van der Waals surface area contributed by atoms with Gasteiger partial charge in [-0.25, -0.2) is 4.98 Å². The van der Waals surface area contributed by atoms with Crippen LogP contribution in [0, 0.1) is 10.1 Å². The molecule has 1 fully saturated rings. The Balaban J connectivity index is 1.54. The van der Waals surface area contributed by atoms with Gasteiger partial charge >= 0.3 is 11.9 Å². The summed E-state index contributed by atoms with van der Waals surface area (Å²) >= 11 is 0. The van der Waals surface area contributed by atoms with Crippen molar-refractivity contribution in [2.45, 2.75) is 56.5 Å². The van der Waals surface area contributed by atoms with Gasteiger partial charge in [-0.2, -0.15) is 13.2 Å². The molecule has 6 rings (SSSR count). The van der Waals surface area contributed by atoms with Crippen LogP contribution >= 0.6 is 0 Å². The SMILES string of the molecule is O=[N+]([O-])c1cc(-c2ccccc2)c2nc1-c1nnc(o1)C(OCc1ccccc1)(C(F)(F)F)CC/C=C\C[C@@H]1CCCN21. The van der Waals surface area contributed by atoms with Crippen molar-refractivity contribution >= 4 is 11.5 Å².